The number of H-pyrrole nitrogens is 1. The van der Waals surface area contributed by atoms with Gasteiger partial charge < -0.3 is 4.90 Å². The van der Waals surface area contributed by atoms with Gasteiger partial charge in [0.1, 0.15) is 4.90 Å². The average molecular weight is 349 g/mol. The number of aromatic amines is 1. The molecular formula is C16H23N5O2S. The molecule has 2 aromatic rings. The maximum atomic E-state index is 11.8. The van der Waals surface area contributed by atoms with Crippen LogP contribution in [0.1, 0.15) is 29.9 Å². The first-order chi connectivity index (χ1) is 11.3. The van der Waals surface area contributed by atoms with E-state index in [-0.39, 0.29) is 0 Å². The van der Waals surface area contributed by atoms with E-state index in [0.29, 0.717) is 22.9 Å². The van der Waals surface area contributed by atoms with Gasteiger partial charge in [0.25, 0.3) is 0 Å². The quantitative estimate of drug-likeness (QED) is 0.903. The highest BCUT2D eigenvalue weighted by Gasteiger charge is 2.25. The summed E-state index contributed by atoms with van der Waals surface area (Å²) in [6.07, 6.45) is 5.40. The molecule has 0 aromatic carbocycles. The molecule has 8 heteroatoms. The Morgan fingerprint density at radius 2 is 2.00 bits per heavy atom. The Kier molecular flexibility index (Phi) is 4.58. The highest BCUT2D eigenvalue weighted by atomic mass is 32.2. The summed E-state index contributed by atoms with van der Waals surface area (Å²) in [7, 11) is -3.25. The fraction of sp³-hybridized carbons (Fsp3) is 0.562. The second kappa shape index (κ2) is 6.51. The predicted octanol–water partition coefficient (Wildman–Crippen LogP) is 1.68. The second-order valence-corrected chi connectivity index (χ2v) is 8.58. The van der Waals surface area contributed by atoms with Crippen molar-refractivity contribution in [3.05, 3.63) is 29.3 Å². The Morgan fingerprint density at radius 1 is 1.29 bits per heavy atom. The smallest absolute Gasteiger partial charge is 0.225 e. The number of aromatic nitrogens is 4. The van der Waals surface area contributed by atoms with E-state index in [1.165, 1.54) is 12.5 Å². The fourth-order valence-electron chi connectivity index (χ4n) is 3.32. The van der Waals surface area contributed by atoms with Crippen LogP contribution in [0, 0.1) is 19.8 Å². The second-order valence-electron chi connectivity index (χ2n) is 6.59. The van der Waals surface area contributed by atoms with Crippen LogP contribution in [0.4, 0.5) is 5.95 Å². The van der Waals surface area contributed by atoms with Gasteiger partial charge in [-0.05, 0) is 45.1 Å². The van der Waals surface area contributed by atoms with Crippen LogP contribution in [-0.2, 0) is 16.3 Å². The summed E-state index contributed by atoms with van der Waals surface area (Å²) < 4.78 is 23.7. The van der Waals surface area contributed by atoms with Gasteiger partial charge in [-0.25, -0.2) is 18.4 Å². The molecule has 0 saturated carbocycles. The summed E-state index contributed by atoms with van der Waals surface area (Å²) in [5, 5.41) is 6.77. The zero-order valence-corrected chi connectivity index (χ0v) is 15.1. The van der Waals surface area contributed by atoms with Gasteiger partial charge in [0.15, 0.2) is 9.84 Å². The molecule has 0 unspecified atom stereocenters. The minimum Gasteiger partial charge on any atom is -0.341 e. The molecule has 0 spiro atoms. The van der Waals surface area contributed by atoms with Crippen LogP contribution in [0.5, 0.6) is 0 Å². The summed E-state index contributed by atoms with van der Waals surface area (Å²) in [5.74, 6) is 1.12. The van der Waals surface area contributed by atoms with Crippen LogP contribution in [0.2, 0.25) is 0 Å². The third-order valence-corrected chi connectivity index (χ3v) is 5.49. The molecule has 24 heavy (non-hydrogen) atoms. The zero-order valence-electron chi connectivity index (χ0n) is 14.3. The summed E-state index contributed by atoms with van der Waals surface area (Å²) in [5.41, 5.74) is 2.63. The minimum absolute atomic E-state index is 0.308. The third-order valence-electron chi connectivity index (χ3n) is 4.34. The first-order valence-electron chi connectivity index (χ1n) is 8.12. The van der Waals surface area contributed by atoms with E-state index in [9.17, 15) is 8.42 Å². The normalized spacial score (nSPS) is 18.8. The summed E-state index contributed by atoms with van der Waals surface area (Å²) in [6, 6.07) is 1.97. The highest BCUT2D eigenvalue weighted by Crippen LogP contribution is 2.25. The van der Waals surface area contributed by atoms with E-state index in [4.69, 9.17) is 0 Å². The first kappa shape index (κ1) is 16.9. The topological polar surface area (TPSA) is 91.8 Å². The molecule has 1 N–H and O–H groups in total. The van der Waals surface area contributed by atoms with Crippen LogP contribution < -0.4 is 4.90 Å². The molecule has 2 aromatic heterocycles. The zero-order chi connectivity index (χ0) is 17.3. The van der Waals surface area contributed by atoms with E-state index in [2.05, 4.69) is 25.1 Å². The third kappa shape index (κ3) is 3.75. The van der Waals surface area contributed by atoms with Gasteiger partial charge in [-0.1, -0.05) is 0 Å². The van der Waals surface area contributed by atoms with Crippen molar-refractivity contribution in [2.75, 3.05) is 24.2 Å². The van der Waals surface area contributed by atoms with E-state index in [1.807, 2.05) is 19.9 Å². The van der Waals surface area contributed by atoms with Crippen molar-refractivity contribution in [1.29, 1.82) is 0 Å². The molecule has 0 aliphatic carbocycles. The van der Waals surface area contributed by atoms with Gasteiger partial charge >= 0.3 is 0 Å². The monoisotopic (exact) mass is 349 g/mol. The van der Waals surface area contributed by atoms with Gasteiger partial charge in [-0.15, -0.1) is 0 Å². The molecule has 0 amide bonds. The highest BCUT2D eigenvalue weighted by molar-refractivity contribution is 7.90. The van der Waals surface area contributed by atoms with Crippen LogP contribution in [-0.4, -0.2) is 47.9 Å². The molecule has 1 aliphatic heterocycles. The number of piperidine rings is 1. The lowest BCUT2D eigenvalue weighted by atomic mass is 9.93. The molecule has 1 aliphatic rings. The van der Waals surface area contributed by atoms with Gasteiger partial charge in [-0.3, -0.25) is 5.10 Å². The Labute approximate surface area is 142 Å². The average Bonchev–Trinajstić information content (AvgIpc) is 2.95. The number of nitrogens with zero attached hydrogens (tertiary/aromatic N) is 4. The van der Waals surface area contributed by atoms with Crippen LogP contribution in [0.15, 0.2) is 17.2 Å². The van der Waals surface area contributed by atoms with Crippen molar-refractivity contribution in [1.82, 2.24) is 20.2 Å². The van der Waals surface area contributed by atoms with E-state index >= 15 is 0 Å². The van der Waals surface area contributed by atoms with Crippen molar-refractivity contribution < 1.29 is 8.42 Å². The number of sulfone groups is 1. The van der Waals surface area contributed by atoms with Crippen molar-refractivity contribution >= 4 is 15.8 Å². The standard InChI is InChI=1S/C16H23N5O2S/c1-11-7-12(2)19-16(18-11)21-6-4-5-13(10-21)8-14-15(9-17-20-14)24(3,22)23/h7,9,13H,4-6,8,10H2,1-3H3,(H,17,20)/t13-/m0/s1. The summed E-state index contributed by atoms with van der Waals surface area (Å²) in [4.78, 5) is 11.6. The van der Waals surface area contributed by atoms with E-state index in [1.54, 1.807) is 0 Å². The number of hydrogen-bond donors (Lipinski definition) is 1. The number of aryl methyl sites for hydroxylation is 2. The lowest BCUT2D eigenvalue weighted by molar-refractivity contribution is 0.403. The number of anilines is 1. The molecule has 7 nitrogen and oxygen atoms in total. The lowest BCUT2D eigenvalue weighted by Gasteiger charge is -2.33. The minimum atomic E-state index is -3.25. The van der Waals surface area contributed by atoms with E-state index < -0.39 is 9.84 Å². The molecular weight excluding hydrogens is 326 g/mol. The van der Waals surface area contributed by atoms with E-state index in [0.717, 1.165) is 43.3 Å². The molecule has 3 heterocycles. The Morgan fingerprint density at radius 3 is 2.67 bits per heavy atom. The van der Waals surface area contributed by atoms with Crippen molar-refractivity contribution in [3.63, 3.8) is 0 Å². The maximum Gasteiger partial charge on any atom is 0.225 e. The Bertz CT molecular complexity index is 810. The summed E-state index contributed by atoms with van der Waals surface area (Å²) >= 11 is 0. The van der Waals surface area contributed by atoms with Gasteiger partial charge in [0.2, 0.25) is 5.95 Å². The van der Waals surface area contributed by atoms with Gasteiger partial charge in [0.05, 0.1) is 11.9 Å². The molecule has 0 radical (unpaired) electrons. The molecule has 1 saturated heterocycles. The number of nitrogens with one attached hydrogen (secondary N) is 1. The Hall–Kier alpha value is -1.96. The molecule has 130 valence electrons. The molecule has 1 fully saturated rings. The van der Waals surface area contributed by atoms with Crippen LogP contribution >= 0.6 is 0 Å². The van der Waals surface area contributed by atoms with Crippen LogP contribution in [0.3, 0.4) is 0 Å². The molecule has 3 rings (SSSR count). The fourth-order valence-corrected chi connectivity index (χ4v) is 4.14. The lowest BCUT2D eigenvalue weighted by Crippen LogP contribution is -2.37. The van der Waals surface area contributed by atoms with Crippen LogP contribution in [0.25, 0.3) is 0 Å². The predicted molar refractivity (Wildman–Crippen MR) is 91.8 cm³/mol. The number of hydrogen-bond acceptors (Lipinski definition) is 6. The number of rotatable bonds is 4. The Balaban J connectivity index is 1.76. The molecule has 1 atom stereocenters. The largest absolute Gasteiger partial charge is 0.341 e. The molecule has 0 bridgehead atoms. The first-order valence-corrected chi connectivity index (χ1v) is 10.0. The van der Waals surface area contributed by atoms with Crippen molar-refractivity contribution in [3.8, 4) is 0 Å². The van der Waals surface area contributed by atoms with Gasteiger partial charge in [-0.2, -0.15) is 5.10 Å². The van der Waals surface area contributed by atoms with Gasteiger partial charge in [0, 0.05) is 30.7 Å². The van der Waals surface area contributed by atoms with Crippen molar-refractivity contribution in [2.45, 2.75) is 38.0 Å². The maximum absolute atomic E-state index is 11.8. The summed E-state index contributed by atoms with van der Waals surface area (Å²) in [6.45, 7) is 5.71. The van der Waals surface area contributed by atoms with Crippen molar-refractivity contribution in [2.24, 2.45) is 5.92 Å². The SMILES string of the molecule is Cc1cc(C)nc(N2CCC[C@@H](Cc3[nH]ncc3S(C)(=O)=O)C2)n1.